The van der Waals surface area contributed by atoms with Crippen molar-refractivity contribution >= 4 is 33.6 Å². The Morgan fingerprint density at radius 1 is 1.24 bits per heavy atom. The summed E-state index contributed by atoms with van der Waals surface area (Å²) in [6, 6.07) is 16.2. The molecule has 106 valence electrons. The van der Waals surface area contributed by atoms with E-state index in [4.69, 9.17) is 0 Å². The maximum absolute atomic E-state index is 12.5. The molecule has 0 unspecified atom stereocenters. The van der Waals surface area contributed by atoms with Gasteiger partial charge in [-0.05, 0) is 48.7 Å². The average Bonchev–Trinajstić information content (AvgIpc) is 2.81. The minimum absolute atomic E-state index is 0.0347. The Hall–Kier alpha value is -1.87. The fourth-order valence-electron chi connectivity index (χ4n) is 2.76. The molecule has 2 nitrogen and oxygen atoms in total. The first-order chi connectivity index (χ1) is 10.1. The van der Waals surface area contributed by atoms with Crippen molar-refractivity contribution in [3.8, 4) is 0 Å². The number of rotatable bonds is 2. The van der Waals surface area contributed by atoms with Crippen LogP contribution in [0.5, 0.6) is 0 Å². The van der Waals surface area contributed by atoms with Crippen molar-refractivity contribution in [2.24, 2.45) is 0 Å². The zero-order valence-electron chi connectivity index (χ0n) is 11.8. The Morgan fingerprint density at radius 3 is 2.86 bits per heavy atom. The van der Waals surface area contributed by atoms with Crippen LogP contribution in [0, 0.1) is 0 Å². The lowest BCUT2D eigenvalue weighted by Crippen LogP contribution is -2.34. The molecule has 1 heterocycles. The molecule has 1 amide bonds. The molecule has 2 aromatic rings. The van der Waals surface area contributed by atoms with Gasteiger partial charge in [0.25, 0.3) is 5.91 Å². The Bertz CT molecular complexity index is 708. The molecule has 1 aliphatic rings. The quantitative estimate of drug-likeness (QED) is 0.739. The normalized spacial score (nSPS) is 17.2. The Balaban J connectivity index is 1.83. The van der Waals surface area contributed by atoms with E-state index >= 15 is 0 Å². The Morgan fingerprint density at radius 2 is 2.05 bits per heavy atom. The molecule has 0 bridgehead atoms. The number of hydrogen-bond donors (Lipinski definition) is 0. The molecule has 2 aromatic carbocycles. The maximum atomic E-state index is 12.5. The van der Waals surface area contributed by atoms with E-state index in [9.17, 15) is 4.79 Å². The summed E-state index contributed by atoms with van der Waals surface area (Å²) in [6.07, 6.45) is 4.44. The third-order valence-corrected chi connectivity index (χ3v) is 4.20. The van der Waals surface area contributed by atoms with E-state index in [1.807, 2.05) is 53.4 Å². The number of fused-ring (bicyclic) bond motifs is 1. The lowest BCUT2D eigenvalue weighted by molar-refractivity contribution is -0.114. The van der Waals surface area contributed by atoms with Crippen molar-refractivity contribution in [1.82, 2.24) is 0 Å². The van der Waals surface area contributed by atoms with Crippen molar-refractivity contribution in [3.63, 3.8) is 0 Å². The second-order valence-corrected chi connectivity index (χ2v) is 6.19. The molecule has 0 saturated carbocycles. The van der Waals surface area contributed by atoms with Gasteiger partial charge in [0.2, 0.25) is 0 Å². The van der Waals surface area contributed by atoms with E-state index in [1.54, 1.807) is 6.08 Å². The highest BCUT2D eigenvalue weighted by atomic mass is 79.9. The number of benzene rings is 2. The number of para-hydroxylation sites is 1. The minimum atomic E-state index is 0.0347. The first-order valence-corrected chi connectivity index (χ1v) is 7.79. The summed E-state index contributed by atoms with van der Waals surface area (Å²) < 4.78 is 1.01. The lowest BCUT2D eigenvalue weighted by atomic mass is 10.1. The standard InChI is InChI=1S/C18H16BrNO/c1-13-11-15-6-2-3-8-17(15)20(13)18(21)10-9-14-5-4-7-16(19)12-14/h2-10,12-13H,11H2,1H3/b10-9+/t13-/m1/s1. The molecular weight excluding hydrogens is 326 g/mol. The molecule has 0 saturated heterocycles. The van der Waals surface area contributed by atoms with Gasteiger partial charge in [-0.25, -0.2) is 0 Å². The molecule has 0 N–H and O–H groups in total. The number of anilines is 1. The summed E-state index contributed by atoms with van der Waals surface area (Å²) in [6.45, 7) is 2.09. The van der Waals surface area contributed by atoms with Gasteiger partial charge < -0.3 is 4.90 Å². The lowest BCUT2D eigenvalue weighted by Gasteiger charge is -2.20. The number of hydrogen-bond acceptors (Lipinski definition) is 1. The summed E-state index contributed by atoms with van der Waals surface area (Å²) >= 11 is 3.44. The molecule has 0 aliphatic carbocycles. The zero-order valence-corrected chi connectivity index (χ0v) is 13.4. The summed E-state index contributed by atoms with van der Waals surface area (Å²) in [5, 5.41) is 0. The average molecular weight is 342 g/mol. The van der Waals surface area contributed by atoms with Crippen LogP contribution in [0.4, 0.5) is 5.69 Å². The van der Waals surface area contributed by atoms with Crippen LogP contribution in [0.2, 0.25) is 0 Å². The van der Waals surface area contributed by atoms with Gasteiger partial charge in [0.1, 0.15) is 0 Å². The number of carbonyl (C=O) groups is 1. The maximum Gasteiger partial charge on any atom is 0.251 e. The zero-order chi connectivity index (χ0) is 14.8. The van der Waals surface area contributed by atoms with E-state index in [1.165, 1.54) is 5.56 Å². The van der Waals surface area contributed by atoms with E-state index in [0.29, 0.717) is 0 Å². The van der Waals surface area contributed by atoms with Crippen molar-refractivity contribution in [2.75, 3.05) is 4.90 Å². The fraction of sp³-hybridized carbons (Fsp3) is 0.167. The first kappa shape index (κ1) is 14.1. The highest BCUT2D eigenvalue weighted by molar-refractivity contribution is 9.10. The van der Waals surface area contributed by atoms with Crippen LogP contribution in [0.15, 0.2) is 59.1 Å². The van der Waals surface area contributed by atoms with Crippen molar-refractivity contribution < 1.29 is 4.79 Å². The van der Waals surface area contributed by atoms with Crippen molar-refractivity contribution in [2.45, 2.75) is 19.4 Å². The smallest absolute Gasteiger partial charge is 0.251 e. The van der Waals surface area contributed by atoms with Crippen LogP contribution in [-0.4, -0.2) is 11.9 Å². The predicted molar refractivity (Wildman–Crippen MR) is 90.3 cm³/mol. The second-order valence-electron chi connectivity index (χ2n) is 5.28. The second kappa shape index (κ2) is 5.86. The van der Waals surface area contributed by atoms with Crippen LogP contribution in [0.3, 0.4) is 0 Å². The fourth-order valence-corrected chi connectivity index (χ4v) is 3.18. The van der Waals surface area contributed by atoms with Gasteiger partial charge in [-0.3, -0.25) is 4.79 Å². The highest BCUT2D eigenvalue weighted by Crippen LogP contribution is 2.32. The van der Waals surface area contributed by atoms with E-state index in [-0.39, 0.29) is 11.9 Å². The Kier molecular flexibility index (Phi) is 3.93. The van der Waals surface area contributed by atoms with Gasteiger partial charge >= 0.3 is 0 Å². The minimum Gasteiger partial charge on any atom is -0.305 e. The molecule has 21 heavy (non-hydrogen) atoms. The van der Waals surface area contributed by atoms with Gasteiger partial charge in [0.05, 0.1) is 0 Å². The molecule has 0 aromatic heterocycles. The van der Waals surface area contributed by atoms with Gasteiger partial charge in [-0.1, -0.05) is 46.3 Å². The number of halogens is 1. The summed E-state index contributed by atoms with van der Waals surface area (Å²) in [7, 11) is 0. The number of carbonyl (C=O) groups excluding carboxylic acids is 1. The third kappa shape index (κ3) is 2.93. The Labute approximate surface area is 133 Å². The summed E-state index contributed by atoms with van der Waals surface area (Å²) in [5.74, 6) is 0.0347. The van der Waals surface area contributed by atoms with E-state index < -0.39 is 0 Å². The number of amides is 1. The van der Waals surface area contributed by atoms with Crippen LogP contribution in [0.25, 0.3) is 6.08 Å². The molecule has 1 aliphatic heterocycles. The molecule has 0 spiro atoms. The van der Waals surface area contributed by atoms with Gasteiger partial charge in [-0.2, -0.15) is 0 Å². The monoisotopic (exact) mass is 341 g/mol. The topological polar surface area (TPSA) is 20.3 Å². The SMILES string of the molecule is C[C@@H]1Cc2ccccc2N1C(=O)/C=C/c1cccc(Br)c1. The molecule has 0 fully saturated rings. The molecule has 1 atom stereocenters. The van der Waals surface area contributed by atoms with E-state index in [0.717, 1.165) is 22.1 Å². The van der Waals surface area contributed by atoms with Crippen molar-refractivity contribution in [1.29, 1.82) is 0 Å². The van der Waals surface area contributed by atoms with Crippen LogP contribution < -0.4 is 4.90 Å². The summed E-state index contributed by atoms with van der Waals surface area (Å²) in [5.41, 5.74) is 3.29. The van der Waals surface area contributed by atoms with Gasteiger partial charge in [-0.15, -0.1) is 0 Å². The van der Waals surface area contributed by atoms with Crippen LogP contribution in [0.1, 0.15) is 18.1 Å². The molecule has 0 radical (unpaired) electrons. The molecule has 3 heteroatoms. The van der Waals surface area contributed by atoms with Gasteiger partial charge in [0, 0.05) is 22.3 Å². The van der Waals surface area contributed by atoms with Gasteiger partial charge in [0.15, 0.2) is 0 Å². The first-order valence-electron chi connectivity index (χ1n) is 7.00. The predicted octanol–water partition coefficient (Wildman–Crippen LogP) is 4.44. The highest BCUT2D eigenvalue weighted by Gasteiger charge is 2.28. The largest absolute Gasteiger partial charge is 0.305 e. The third-order valence-electron chi connectivity index (χ3n) is 3.71. The van der Waals surface area contributed by atoms with E-state index in [2.05, 4.69) is 28.9 Å². The summed E-state index contributed by atoms with van der Waals surface area (Å²) in [4.78, 5) is 14.4. The van der Waals surface area contributed by atoms with Crippen LogP contribution >= 0.6 is 15.9 Å². The van der Waals surface area contributed by atoms with Crippen LogP contribution in [-0.2, 0) is 11.2 Å². The number of nitrogens with zero attached hydrogens (tertiary/aromatic N) is 1. The molecular formula is C18H16BrNO. The molecule has 3 rings (SSSR count). The van der Waals surface area contributed by atoms with Crippen molar-refractivity contribution in [3.05, 3.63) is 70.2 Å².